The predicted molar refractivity (Wildman–Crippen MR) is 69.9 cm³/mol. The zero-order chi connectivity index (χ0) is 12.3. The lowest BCUT2D eigenvalue weighted by molar-refractivity contribution is -0.133. The van der Waals surface area contributed by atoms with Gasteiger partial charge in [-0.05, 0) is 29.9 Å². The fourth-order valence-electron chi connectivity index (χ4n) is 2.12. The SMILES string of the molecule is CC(C)Cc1ccc(CC(=O)N2CCC2)cc1. The van der Waals surface area contributed by atoms with Gasteiger partial charge in [-0.15, -0.1) is 0 Å². The molecule has 1 heterocycles. The number of carbonyl (C=O) groups excluding carboxylic acids is 1. The average molecular weight is 231 g/mol. The molecule has 0 atom stereocenters. The standard InChI is InChI=1S/C15H21NO/c1-12(2)10-13-4-6-14(7-5-13)11-15(17)16-8-3-9-16/h4-7,12H,3,8-11H2,1-2H3. The number of rotatable bonds is 4. The average Bonchev–Trinajstić information content (AvgIpc) is 2.17. The maximum atomic E-state index is 11.8. The lowest BCUT2D eigenvalue weighted by Crippen LogP contribution is -2.42. The van der Waals surface area contributed by atoms with Gasteiger partial charge in [-0.2, -0.15) is 0 Å². The van der Waals surface area contributed by atoms with Crippen molar-refractivity contribution in [1.82, 2.24) is 4.90 Å². The molecule has 0 N–H and O–H groups in total. The van der Waals surface area contributed by atoms with Gasteiger partial charge in [0.05, 0.1) is 6.42 Å². The lowest BCUT2D eigenvalue weighted by atomic mass is 10.0. The predicted octanol–water partition coefficient (Wildman–Crippen LogP) is 2.66. The van der Waals surface area contributed by atoms with Crippen molar-refractivity contribution in [2.45, 2.75) is 33.1 Å². The van der Waals surface area contributed by atoms with Crippen LogP contribution in [0.5, 0.6) is 0 Å². The van der Waals surface area contributed by atoms with E-state index in [0.717, 1.165) is 25.1 Å². The molecule has 0 saturated carbocycles. The Bertz CT molecular complexity index is 376. The van der Waals surface area contributed by atoms with Crippen LogP contribution in [0.25, 0.3) is 0 Å². The highest BCUT2D eigenvalue weighted by Gasteiger charge is 2.19. The zero-order valence-corrected chi connectivity index (χ0v) is 10.8. The number of amides is 1. The third-order valence-corrected chi connectivity index (χ3v) is 3.23. The molecule has 2 nitrogen and oxygen atoms in total. The van der Waals surface area contributed by atoms with Crippen molar-refractivity contribution in [3.8, 4) is 0 Å². The van der Waals surface area contributed by atoms with Gasteiger partial charge in [0.2, 0.25) is 5.91 Å². The van der Waals surface area contributed by atoms with Crippen molar-refractivity contribution in [3.63, 3.8) is 0 Å². The summed E-state index contributed by atoms with van der Waals surface area (Å²) in [5, 5.41) is 0. The van der Waals surface area contributed by atoms with E-state index in [9.17, 15) is 4.79 Å². The van der Waals surface area contributed by atoms with E-state index in [1.54, 1.807) is 0 Å². The topological polar surface area (TPSA) is 20.3 Å². The van der Waals surface area contributed by atoms with Crippen LogP contribution in [0.15, 0.2) is 24.3 Å². The second kappa shape index (κ2) is 5.35. The minimum absolute atomic E-state index is 0.271. The van der Waals surface area contributed by atoms with Crippen LogP contribution in [0.3, 0.4) is 0 Å². The van der Waals surface area contributed by atoms with Crippen LogP contribution in [-0.4, -0.2) is 23.9 Å². The molecule has 2 heteroatoms. The number of carbonyl (C=O) groups is 1. The summed E-state index contributed by atoms with van der Waals surface area (Å²) in [6, 6.07) is 8.49. The monoisotopic (exact) mass is 231 g/mol. The molecule has 92 valence electrons. The first kappa shape index (κ1) is 12.2. The van der Waals surface area contributed by atoms with E-state index in [1.165, 1.54) is 12.0 Å². The highest BCUT2D eigenvalue weighted by Crippen LogP contribution is 2.13. The van der Waals surface area contributed by atoms with E-state index in [4.69, 9.17) is 0 Å². The third kappa shape index (κ3) is 3.32. The minimum atomic E-state index is 0.271. The summed E-state index contributed by atoms with van der Waals surface area (Å²) in [5.74, 6) is 0.955. The maximum Gasteiger partial charge on any atom is 0.226 e. The lowest BCUT2D eigenvalue weighted by Gasteiger charge is -2.30. The Morgan fingerprint density at radius 2 is 1.76 bits per heavy atom. The van der Waals surface area contributed by atoms with Crippen molar-refractivity contribution < 1.29 is 4.79 Å². The van der Waals surface area contributed by atoms with E-state index in [1.807, 2.05) is 4.90 Å². The van der Waals surface area contributed by atoms with Gasteiger partial charge < -0.3 is 4.90 Å². The quantitative estimate of drug-likeness (QED) is 0.780. The van der Waals surface area contributed by atoms with Crippen molar-refractivity contribution >= 4 is 5.91 Å². The van der Waals surface area contributed by atoms with E-state index >= 15 is 0 Å². The Balaban J connectivity index is 1.90. The molecular formula is C15H21NO. The van der Waals surface area contributed by atoms with Gasteiger partial charge in [0.1, 0.15) is 0 Å². The van der Waals surface area contributed by atoms with E-state index in [0.29, 0.717) is 12.3 Å². The molecule has 1 aliphatic rings. The molecule has 1 aromatic carbocycles. The molecule has 0 unspecified atom stereocenters. The second-order valence-corrected chi connectivity index (χ2v) is 5.33. The Hall–Kier alpha value is -1.31. The Kier molecular flexibility index (Phi) is 3.82. The van der Waals surface area contributed by atoms with Crippen molar-refractivity contribution in [2.75, 3.05) is 13.1 Å². The summed E-state index contributed by atoms with van der Waals surface area (Å²) in [6.45, 7) is 6.34. The molecule has 0 spiro atoms. The van der Waals surface area contributed by atoms with Crippen molar-refractivity contribution in [3.05, 3.63) is 35.4 Å². The van der Waals surface area contributed by atoms with Crippen LogP contribution in [-0.2, 0) is 17.6 Å². The van der Waals surface area contributed by atoms with Gasteiger partial charge in [-0.1, -0.05) is 38.1 Å². The molecule has 1 fully saturated rings. The fourth-order valence-corrected chi connectivity index (χ4v) is 2.12. The van der Waals surface area contributed by atoms with Crippen LogP contribution in [0.2, 0.25) is 0 Å². The summed E-state index contributed by atoms with van der Waals surface area (Å²) < 4.78 is 0. The zero-order valence-electron chi connectivity index (χ0n) is 10.8. The first-order valence-electron chi connectivity index (χ1n) is 6.51. The summed E-state index contributed by atoms with van der Waals surface area (Å²) in [7, 11) is 0. The van der Waals surface area contributed by atoms with Crippen LogP contribution in [0.4, 0.5) is 0 Å². The van der Waals surface area contributed by atoms with Crippen LogP contribution in [0, 0.1) is 5.92 Å². The molecule has 1 aliphatic heterocycles. The molecular weight excluding hydrogens is 210 g/mol. The normalized spacial score (nSPS) is 14.9. The van der Waals surface area contributed by atoms with Crippen LogP contribution < -0.4 is 0 Å². The van der Waals surface area contributed by atoms with Crippen molar-refractivity contribution in [2.24, 2.45) is 5.92 Å². The van der Waals surface area contributed by atoms with Gasteiger partial charge in [-0.25, -0.2) is 0 Å². The molecule has 1 amide bonds. The highest BCUT2D eigenvalue weighted by molar-refractivity contribution is 5.79. The van der Waals surface area contributed by atoms with Gasteiger partial charge >= 0.3 is 0 Å². The number of hydrogen-bond donors (Lipinski definition) is 0. The summed E-state index contributed by atoms with van der Waals surface area (Å²) in [4.78, 5) is 13.7. The fraction of sp³-hybridized carbons (Fsp3) is 0.533. The Morgan fingerprint density at radius 1 is 1.18 bits per heavy atom. The van der Waals surface area contributed by atoms with E-state index < -0.39 is 0 Å². The molecule has 0 radical (unpaired) electrons. The van der Waals surface area contributed by atoms with Gasteiger partial charge in [0, 0.05) is 13.1 Å². The number of benzene rings is 1. The molecule has 0 aromatic heterocycles. The molecule has 0 aliphatic carbocycles. The van der Waals surface area contributed by atoms with E-state index in [2.05, 4.69) is 38.1 Å². The van der Waals surface area contributed by atoms with Gasteiger partial charge in [-0.3, -0.25) is 4.79 Å². The molecule has 1 aromatic rings. The maximum absolute atomic E-state index is 11.8. The molecule has 2 rings (SSSR count). The number of likely N-dealkylation sites (tertiary alicyclic amines) is 1. The molecule has 1 saturated heterocycles. The highest BCUT2D eigenvalue weighted by atomic mass is 16.2. The number of nitrogens with zero attached hydrogens (tertiary/aromatic N) is 1. The summed E-state index contributed by atoms with van der Waals surface area (Å²) in [6.07, 6.45) is 2.83. The molecule has 17 heavy (non-hydrogen) atoms. The number of hydrogen-bond acceptors (Lipinski definition) is 1. The largest absolute Gasteiger partial charge is 0.342 e. The smallest absolute Gasteiger partial charge is 0.226 e. The Morgan fingerprint density at radius 3 is 2.24 bits per heavy atom. The summed E-state index contributed by atoms with van der Waals surface area (Å²) in [5.41, 5.74) is 2.49. The first-order chi connectivity index (χ1) is 8.15. The Labute approximate surface area is 104 Å². The minimum Gasteiger partial charge on any atom is -0.342 e. The van der Waals surface area contributed by atoms with E-state index in [-0.39, 0.29) is 5.91 Å². The van der Waals surface area contributed by atoms with Crippen molar-refractivity contribution in [1.29, 1.82) is 0 Å². The van der Waals surface area contributed by atoms with Crippen LogP contribution >= 0.6 is 0 Å². The summed E-state index contributed by atoms with van der Waals surface area (Å²) >= 11 is 0. The third-order valence-electron chi connectivity index (χ3n) is 3.23. The second-order valence-electron chi connectivity index (χ2n) is 5.33. The van der Waals surface area contributed by atoms with Gasteiger partial charge in [0.25, 0.3) is 0 Å². The first-order valence-corrected chi connectivity index (χ1v) is 6.51. The molecule has 0 bridgehead atoms. The van der Waals surface area contributed by atoms with Crippen LogP contribution in [0.1, 0.15) is 31.4 Å². The van der Waals surface area contributed by atoms with Gasteiger partial charge in [0.15, 0.2) is 0 Å².